The summed E-state index contributed by atoms with van der Waals surface area (Å²) in [5.41, 5.74) is -0.139. The van der Waals surface area contributed by atoms with Crippen LogP contribution < -0.4 is 5.56 Å². The van der Waals surface area contributed by atoms with E-state index < -0.39 is 11.5 Å². The van der Waals surface area contributed by atoms with E-state index >= 15 is 0 Å². The van der Waals surface area contributed by atoms with Gasteiger partial charge in [-0.05, 0) is 45.9 Å². The molecule has 6 nitrogen and oxygen atoms in total. The van der Waals surface area contributed by atoms with Gasteiger partial charge < -0.3 is 19.3 Å². The molecule has 2 fully saturated rings. The van der Waals surface area contributed by atoms with Crippen molar-refractivity contribution in [1.29, 1.82) is 0 Å². The Morgan fingerprint density at radius 3 is 2.44 bits per heavy atom. The quantitative estimate of drug-likeness (QED) is 0.841. The molecule has 2 bridgehead atoms. The fourth-order valence-electron chi connectivity index (χ4n) is 4.71. The molecule has 1 N–H and O–H groups in total. The van der Waals surface area contributed by atoms with E-state index in [0.717, 1.165) is 25.7 Å². The molecule has 2 aromatic rings. The van der Waals surface area contributed by atoms with Crippen LogP contribution >= 0.6 is 0 Å². The number of benzene rings is 1. The Labute approximate surface area is 158 Å². The smallest absolute Gasteiger partial charge is 0.347 e. The molecule has 2 unspecified atom stereocenters. The van der Waals surface area contributed by atoms with Gasteiger partial charge in [0.1, 0.15) is 11.9 Å². The fourth-order valence-corrected chi connectivity index (χ4v) is 4.71. The minimum absolute atomic E-state index is 0.145. The number of aromatic hydroxyl groups is 1. The minimum Gasteiger partial charge on any atom is -0.506 e. The predicted octanol–water partition coefficient (Wildman–Crippen LogP) is 3.07. The van der Waals surface area contributed by atoms with Crippen LogP contribution in [0.1, 0.15) is 55.9 Å². The van der Waals surface area contributed by atoms with Crippen molar-refractivity contribution >= 4 is 16.9 Å². The zero-order valence-corrected chi connectivity index (χ0v) is 16.0. The van der Waals surface area contributed by atoms with Gasteiger partial charge in [-0.3, -0.25) is 4.79 Å². The maximum Gasteiger partial charge on any atom is 0.347 e. The monoisotopic (exact) mass is 370 g/mol. The number of carbonyl (C=O) groups is 1. The van der Waals surface area contributed by atoms with Crippen molar-refractivity contribution in [3.8, 4) is 5.75 Å². The van der Waals surface area contributed by atoms with Gasteiger partial charge in [-0.2, -0.15) is 0 Å². The van der Waals surface area contributed by atoms with Crippen LogP contribution in [0.4, 0.5) is 0 Å². The molecule has 4 rings (SSSR count). The summed E-state index contributed by atoms with van der Waals surface area (Å²) in [6, 6.07) is 7.80. The van der Waals surface area contributed by atoms with Crippen molar-refractivity contribution in [1.82, 2.24) is 9.47 Å². The van der Waals surface area contributed by atoms with E-state index in [4.69, 9.17) is 4.74 Å². The van der Waals surface area contributed by atoms with Crippen LogP contribution in [0.5, 0.6) is 5.75 Å². The molecule has 3 heterocycles. The molecule has 0 spiro atoms. The topological polar surface area (TPSA) is 71.8 Å². The number of para-hydroxylation sites is 1. The van der Waals surface area contributed by atoms with Crippen molar-refractivity contribution in [3.63, 3.8) is 0 Å². The highest BCUT2D eigenvalue weighted by atomic mass is 16.5. The fraction of sp³-hybridized carbons (Fsp3) is 0.524. The van der Waals surface area contributed by atoms with Crippen LogP contribution in [0.3, 0.4) is 0 Å². The summed E-state index contributed by atoms with van der Waals surface area (Å²) in [7, 11) is 2.12. The molecule has 144 valence electrons. The molecule has 0 aliphatic carbocycles. The molecule has 6 heteroatoms. The van der Waals surface area contributed by atoms with Crippen molar-refractivity contribution in [2.45, 2.75) is 63.8 Å². The van der Waals surface area contributed by atoms with Gasteiger partial charge in [-0.15, -0.1) is 0 Å². The van der Waals surface area contributed by atoms with Crippen LogP contribution in [-0.2, 0) is 4.74 Å². The highest BCUT2D eigenvalue weighted by Crippen LogP contribution is 2.36. The average molecular weight is 370 g/mol. The number of hydrogen-bond acceptors (Lipinski definition) is 5. The molecule has 1 aromatic heterocycles. The van der Waals surface area contributed by atoms with Gasteiger partial charge in [0.05, 0.1) is 5.52 Å². The maximum atomic E-state index is 13.0. The highest BCUT2D eigenvalue weighted by molar-refractivity contribution is 5.99. The maximum absolute atomic E-state index is 13.0. The summed E-state index contributed by atoms with van der Waals surface area (Å²) in [4.78, 5) is 28.3. The van der Waals surface area contributed by atoms with E-state index in [0.29, 0.717) is 23.0 Å². The van der Waals surface area contributed by atoms with Gasteiger partial charge in [-0.25, -0.2) is 4.79 Å². The molecule has 0 radical (unpaired) electrons. The third kappa shape index (κ3) is 2.92. The van der Waals surface area contributed by atoms with Gasteiger partial charge in [0.2, 0.25) is 0 Å². The molecule has 0 saturated carbocycles. The minimum atomic E-state index is -0.716. The number of piperidine rings is 1. The van der Waals surface area contributed by atoms with Crippen LogP contribution in [0, 0.1) is 0 Å². The van der Waals surface area contributed by atoms with Crippen molar-refractivity contribution < 1.29 is 14.6 Å². The lowest BCUT2D eigenvalue weighted by Crippen LogP contribution is -2.43. The van der Waals surface area contributed by atoms with E-state index in [9.17, 15) is 14.7 Å². The molecule has 0 amide bonds. The summed E-state index contributed by atoms with van der Waals surface area (Å²) < 4.78 is 7.26. The largest absolute Gasteiger partial charge is 0.506 e. The third-order valence-electron chi connectivity index (χ3n) is 6.14. The van der Waals surface area contributed by atoms with Gasteiger partial charge >= 0.3 is 5.97 Å². The first-order chi connectivity index (χ1) is 12.9. The number of rotatable bonds is 3. The van der Waals surface area contributed by atoms with Crippen molar-refractivity contribution in [2.24, 2.45) is 0 Å². The second kappa shape index (κ2) is 6.68. The summed E-state index contributed by atoms with van der Waals surface area (Å²) in [6.45, 7) is 3.77. The molecular formula is C21H26N2O4. The van der Waals surface area contributed by atoms with Crippen LogP contribution in [0.25, 0.3) is 10.9 Å². The average Bonchev–Trinajstić information content (AvgIpc) is 2.82. The third-order valence-corrected chi connectivity index (χ3v) is 6.14. The summed E-state index contributed by atoms with van der Waals surface area (Å²) >= 11 is 0. The van der Waals surface area contributed by atoms with Gasteiger partial charge in [-0.1, -0.05) is 12.1 Å². The molecule has 27 heavy (non-hydrogen) atoms. The second-order valence-corrected chi connectivity index (χ2v) is 8.06. The molecule has 2 aliphatic rings. The number of carbonyl (C=O) groups excluding carboxylic acids is 1. The van der Waals surface area contributed by atoms with Gasteiger partial charge in [0, 0.05) is 36.4 Å². The highest BCUT2D eigenvalue weighted by Gasteiger charge is 2.40. The van der Waals surface area contributed by atoms with Crippen LogP contribution in [0.2, 0.25) is 0 Å². The molecule has 2 aliphatic heterocycles. The number of hydrogen-bond donors (Lipinski definition) is 1. The Bertz CT molecular complexity index is 935. The lowest BCUT2D eigenvalue weighted by Gasteiger charge is -2.35. The Balaban J connectivity index is 1.71. The predicted molar refractivity (Wildman–Crippen MR) is 103 cm³/mol. The Hall–Kier alpha value is -2.34. The lowest BCUT2D eigenvalue weighted by atomic mass is 10.0. The zero-order chi connectivity index (χ0) is 19.3. The van der Waals surface area contributed by atoms with Gasteiger partial charge in [0.15, 0.2) is 5.56 Å². The van der Waals surface area contributed by atoms with Gasteiger partial charge in [0.25, 0.3) is 5.56 Å². The summed E-state index contributed by atoms with van der Waals surface area (Å²) in [5.74, 6) is -1.000. The van der Waals surface area contributed by atoms with Crippen LogP contribution in [0.15, 0.2) is 29.1 Å². The number of ether oxygens (including phenoxy) is 1. The zero-order valence-electron chi connectivity index (χ0n) is 16.0. The van der Waals surface area contributed by atoms with E-state index in [1.54, 1.807) is 22.8 Å². The standard InChI is InChI=1S/C21H26N2O4/c1-12(2)23-17-7-5-4-6-16(17)19(24)18(20(23)25)21(26)27-15-10-13-8-9-14(11-15)22(13)3/h4-7,12-15,24H,8-11H2,1-3H3. The number of esters is 1. The second-order valence-electron chi connectivity index (χ2n) is 8.06. The molecule has 2 saturated heterocycles. The lowest BCUT2D eigenvalue weighted by molar-refractivity contribution is -0.000863. The Kier molecular flexibility index (Phi) is 4.46. The summed E-state index contributed by atoms with van der Waals surface area (Å²) in [6.07, 6.45) is 3.60. The molecule has 1 aromatic carbocycles. The van der Waals surface area contributed by atoms with E-state index in [1.165, 1.54) is 0 Å². The molecule has 2 atom stereocenters. The van der Waals surface area contributed by atoms with E-state index in [-0.39, 0.29) is 23.5 Å². The van der Waals surface area contributed by atoms with Crippen molar-refractivity contribution in [2.75, 3.05) is 7.05 Å². The van der Waals surface area contributed by atoms with E-state index in [1.807, 2.05) is 19.9 Å². The SMILES string of the molecule is CC(C)n1c(=O)c(C(=O)OC2CC3CCC(C2)N3C)c(O)c2ccccc21. The first-order valence-corrected chi connectivity index (χ1v) is 9.67. The normalized spacial score (nSPS) is 25.3. The Morgan fingerprint density at radius 2 is 1.81 bits per heavy atom. The van der Waals surface area contributed by atoms with E-state index in [2.05, 4.69) is 11.9 Å². The summed E-state index contributed by atoms with van der Waals surface area (Å²) in [5, 5.41) is 11.2. The number of aromatic nitrogens is 1. The number of fused-ring (bicyclic) bond motifs is 3. The Morgan fingerprint density at radius 1 is 1.19 bits per heavy atom. The first kappa shape index (κ1) is 18.0. The molecular weight excluding hydrogens is 344 g/mol. The van der Waals surface area contributed by atoms with Crippen molar-refractivity contribution in [3.05, 3.63) is 40.2 Å². The number of nitrogens with zero attached hydrogens (tertiary/aromatic N) is 2. The number of pyridine rings is 1. The van der Waals surface area contributed by atoms with Crippen LogP contribution in [-0.4, -0.2) is 45.8 Å². The first-order valence-electron chi connectivity index (χ1n) is 9.67.